The number of imide groups is 1. The molecule has 0 bridgehead atoms. The number of ether oxygens (including phenoxy) is 2. The van der Waals surface area contributed by atoms with Gasteiger partial charge in [0, 0.05) is 5.56 Å². The first-order chi connectivity index (χ1) is 12.9. The van der Waals surface area contributed by atoms with Gasteiger partial charge in [0.05, 0.1) is 12.1 Å². The number of nitrogens with zero attached hydrogens (tertiary/aromatic N) is 1. The molecule has 2 aliphatic rings. The van der Waals surface area contributed by atoms with Gasteiger partial charge >= 0.3 is 12.0 Å². The molecule has 0 atom stereocenters. The van der Waals surface area contributed by atoms with Crippen LogP contribution in [0.15, 0.2) is 18.2 Å². The Bertz CT molecular complexity index is 803. The maximum atomic E-state index is 12.5. The number of nitrogens with one attached hydrogen (secondary N) is 1. The summed E-state index contributed by atoms with van der Waals surface area (Å²) >= 11 is 5.97. The van der Waals surface area contributed by atoms with Crippen LogP contribution in [0.1, 0.15) is 36.0 Å². The van der Waals surface area contributed by atoms with E-state index in [1.807, 2.05) is 0 Å². The minimum absolute atomic E-state index is 0.258. The molecule has 0 aromatic heterocycles. The molecule has 3 rings (SSSR count). The monoisotopic (exact) mass is 394 g/mol. The van der Waals surface area contributed by atoms with Crippen molar-refractivity contribution in [1.29, 1.82) is 0 Å². The third-order valence-corrected chi connectivity index (χ3v) is 5.12. The first-order valence-corrected chi connectivity index (χ1v) is 8.90. The Balaban J connectivity index is 1.55. The van der Waals surface area contributed by atoms with Crippen molar-refractivity contribution in [3.05, 3.63) is 28.8 Å². The molecule has 1 aliphatic heterocycles. The van der Waals surface area contributed by atoms with E-state index in [4.69, 9.17) is 21.1 Å². The molecule has 8 nitrogen and oxygen atoms in total. The number of benzene rings is 1. The zero-order valence-corrected chi connectivity index (χ0v) is 15.5. The van der Waals surface area contributed by atoms with Crippen molar-refractivity contribution in [3.8, 4) is 5.75 Å². The van der Waals surface area contributed by atoms with Crippen LogP contribution in [0.4, 0.5) is 4.79 Å². The summed E-state index contributed by atoms with van der Waals surface area (Å²) in [5.41, 5.74) is -0.624. The minimum atomic E-state index is -0.882. The molecule has 1 aromatic rings. The van der Waals surface area contributed by atoms with E-state index in [9.17, 15) is 19.2 Å². The number of carbonyl (C=O) groups excluding carboxylic acids is 4. The van der Waals surface area contributed by atoms with Crippen molar-refractivity contribution >= 4 is 35.3 Å². The summed E-state index contributed by atoms with van der Waals surface area (Å²) in [6, 6.07) is 3.85. The van der Waals surface area contributed by atoms with E-state index in [-0.39, 0.29) is 10.6 Å². The highest BCUT2D eigenvalue weighted by molar-refractivity contribution is 6.32. The van der Waals surface area contributed by atoms with Crippen molar-refractivity contribution in [2.45, 2.75) is 31.2 Å². The van der Waals surface area contributed by atoms with Crippen molar-refractivity contribution in [2.24, 2.45) is 0 Å². The standard InChI is InChI=1S/C18H19ClN2O6/c1-26-14-5-4-11(8-12(14)19)13(22)10-27-15(23)9-21-16(24)18(20-17(21)25)6-2-3-7-18/h4-5,8H,2-3,6-7,9-10H2,1H3,(H,20,25). The molecular formula is C18H19ClN2O6. The van der Waals surface area contributed by atoms with Gasteiger partial charge in [-0.15, -0.1) is 0 Å². The van der Waals surface area contributed by atoms with Gasteiger partial charge in [0.25, 0.3) is 5.91 Å². The minimum Gasteiger partial charge on any atom is -0.495 e. The number of carbonyl (C=O) groups is 4. The fourth-order valence-electron chi connectivity index (χ4n) is 3.38. The van der Waals surface area contributed by atoms with Crippen LogP contribution in [0.5, 0.6) is 5.75 Å². The number of methoxy groups -OCH3 is 1. The number of rotatable bonds is 6. The Morgan fingerprint density at radius 1 is 1.26 bits per heavy atom. The highest BCUT2D eigenvalue weighted by atomic mass is 35.5. The fraction of sp³-hybridized carbons (Fsp3) is 0.444. The SMILES string of the molecule is COc1ccc(C(=O)COC(=O)CN2C(=O)NC3(CCCC3)C2=O)cc1Cl. The van der Waals surface area contributed by atoms with Gasteiger partial charge in [-0.05, 0) is 31.0 Å². The zero-order chi connectivity index (χ0) is 19.6. The van der Waals surface area contributed by atoms with Crippen LogP contribution < -0.4 is 10.1 Å². The largest absolute Gasteiger partial charge is 0.495 e. The topological polar surface area (TPSA) is 102 Å². The predicted molar refractivity (Wildman–Crippen MR) is 94.7 cm³/mol. The first-order valence-electron chi connectivity index (χ1n) is 8.53. The Hall–Kier alpha value is -2.61. The summed E-state index contributed by atoms with van der Waals surface area (Å²) in [6.07, 6.45) is 2.84. The number of halogens is 1. The first kappa shape index (κ1) is 19.2. The predicted octanol–water partition coefficient (Wildman–Crippen LogP) is 1.94. The quantitative estimate of drug-likeness (QED) is 0.449. The highest BCUT2D eigenvalue weighted by Crippen LogP contribution is 2.34. The Kier molecular flexibility index (Phi) is 5.36. The third kappa shape index (κ3) is 3.75. The van der Waals surface area contributed by atoms with Gasteiger partial charge in [0.15, 0.2) is 12.4 Å². The van der Waals surface area contributed by atoms with Crippen LogP contribution in [-0.2, 0) is 14.3 Å². The second kappa shape index (κ2) is 7.56. The Morgan fingerprint density at radius 2 is 1.96 bits per heavy atom. The van der Waals surface area contributed by atoms with Crippen LogP contribution in [0.3, 0.4) is 0 Å². The summed E-state index contributed by atoms with van der Waals surface area (Å²) in [6.45, 7) is -1.04. The smallest absolute Gasteiger partial charge is 0.326 e. The number of ketones is 1. The van der Waals surface area contributed by atoms with Crippen molar-refractivity contribution in [3.63, 3.8) is 0 Å². The maximum Gasteiger partial charge on any atom is 0.326 e. The van der Waals surface area contributed by atoms with Crippen LogP contribution in [-0.4, -0.2) is 54.4 Å². The van der Waals surface area contributed by atoms with Gasteiger partial charge in [-0.25, -0.2) is 4.79 Å². The van der Waals surface area contributed by atoms with Crippen molar-refractivity contribution < 1.29 is 28.7 Å². The van der Waals surface area contributed by atoms with Gasteiger partial charge in [-0.3, -0.25) is 19.3 Å². The maximum absolute atomic E-state index is 12.5. The fourth-order valence-corrected chi connectivity index (χ4v) is 3.64. The van der Waals surface area contributed by atoms with E-state index in [1.165, 1.54) is 25.3 Å². The van der Waals surface area contributed by atoms with E-state index >= 15 is 0 Å². The van der Waals surface area contributed by atoms with Crippen LogP contribution >= 0.6 is 11.6 Å². The van der Waals surface area contributed by atoms with Crippen LogP contribution in [0.2, 0.25) is 5.02 Å². The van der Waals surface area contributed by atoms with Gasteiger partial charge in [-0.1, -0.05) is 24.4 Å². The van der Waals surface area contributed by atoms with E-state index in [1.54, 1.807) is 0 Å². The summed E-state index contributed by atoms with van der Waals surface area (Å²) in [5.74, 6) is -1.28. The average molecular weight is 395 g/mol. The summed E-state index contributed by atoms with van der Waals surface area (Å²) in [4.78, 5) is 49.5. The zero-order valence-electron chi connectivity index (χ0n) is 14.7. The molecule has 1 aliphatic carbocycles. The summed E-state index contributed by atoms with van der Waals surface area (Å²) in [7, 11) is 1.45. The van der Waals surface area contributed by atoms with Crippen LogP contribution in [0.25, 0.3) is 0 Å². The molecule has 1 saturated carbocycles. The molecule has 1 N–H and O–H groups in total. The van der Waals surface area contributed by atoms with E-state index in [0.29, 0.717) is 18.6 Å². The summed E-state index contributed by atoms with van der Waals surface area (Å²) in [5, 5.41) is 2.94. The van der Waals surface area contributed by atoms with Crippen LogP contribution in [0, 0.1) is 0 Å². The number of urea groups is 1. The van der Waals surface area contributed by atoms with Crippen molar-refractivity contribution in [2.75, 3.05) is 20.3 Å². The molecule has 1 saturated heterocycles. The second-order valence-corrected chi connectivity index (χ2v) is 6.95. The molecule has 27 heavy (non-hydrogen) atoms. The lowest BCUT2D eigenvalue weighted by Gasteiger charge is -2.19. The molecule has 1 spiro atoms. The lowest BCUT2D eigenvalue weighted by atomic mass is 9.98. The number of esters is 1. The number of hydrogen-bond acceptors (Lipinski definition) is 6. The van der Waals surface area contributed by atoms with Gasteiger partial charge in [0.2, 0.25) is 0 Å². The Labute approximate surface area is 160 Å². The second-order valence-electron chi connectivity index (χ2n) is 6.54. The molecule has 0 radical (unpaired) electrons. The van der Waals surface area contributed by atoms with Crippen molar-refractivity contribution in [1.82, 2.24) is 10.2 Å². The Morgan fingerprint density at radius 3 is 2.59 bits per heavy atom. The molecule has 2 fully saturated rings. The summed E-state index contributed by atoms with van der Waals surface area (Å²) < 4.78 is 9.94. The van der Waals surface area contributed by atoms with Gasteiger partial charge < -0.3 is 14.8 Å². The molecule has 1 heterocycles. The van der Waals surface area contributed by atoms with Gasteiger partial charge in [-0.2, -0.15) is 0 Å². The molecular weight excluding hydrogens is 376 g/mol. The number of amides is 3. The van der Waals surface area contributed by atoms with E-state index in [2.05, 4.69) is 5.32 Å². The molecule has 144 valence electrons. The molecule has 1 aromatic carbocycles. The van der Waals surface area contributed by atoms with E-state index in [0.717, 1.165) is 17.7 Å². The normalized spacial score (nSPS) is 17.9. The lowest BCUT2D eigenvalue weighted by Crippen LogP contribution is -2.44. The molecule has 0 unspecified atom stereocenters. The third-order valence-electron chi connectivity index (χ3n) is 4.83. The average Bonchev–Trinajstić information content (AvgIpc) is 3.20. The number of hydrogen-bond donors (Lipinski definition) is 1. The number of Topliss-reactive ketones (excluding diaryl/α,β-unsaturated/α-hetero) is 1. The van der Waals surface area contributed by atoms with E-state index < -0.39 is 42.4 Å². The highest BCUT2D eigenvalue weighted by Gasteiger charge is 2.52. The molecule has 9 heteroatoms. The van der Waals surface area contributed by atoms with Gasteiger partial charge in [0.1, 0.15) is 17.8 Å². The lowest BCUT2D eigenvalue weighted by molar-refractivity contribution is -0.146. The molecule has 3 amide bonds.